The van der Waals surface area contributed by atoms with Crippen LogP contribution in [0.1, 0.15) is 5.56 Å². The third-order valence-corrected chi connectivity index (χ3v) is 3.21. The molecule has 0 saturated heterocycles. The summed E-state index contributed by atoms with van der Waals surface area (Å²) in [6, 6.07) is 11.6. The van der Waals surface area contributed by atoms with Crippen molar-refractivity contribution in [1.82, 2.24) is 25.1 Å². The molecule has 0 fully saturated rings. The number of aromatic nitrogens is 5. The summed E-state index contributed by atoms with van der Waals surface area (Å²) < 4.78 is 0. The van der Waals surface area contributed by atoms with E-state index in [1.165, 1.54) is 0 Å². The highest BCUT2D eigenvalue weighted by molar-refractivity contribution is 6.03. The molecule has 0 aliphatic carbocycles. The van der Waals surface area contributed by atoms with E-state index in [9.17, 15) is 0 Å². The number of nitrogens with one attached hydrogen (secondary N) is 2. The third-order valence-electron chi connectivity index (χ3n) is 3.21. The highest BCUT2D eigenvalue weighted by Crippen LogP contribution is 2.21. The van der Waals surface area contributed by atoms with Gasteiger partial charge in [0.05, 0.1) is 6.21 Å². The number of nitrogens with zero attached hydrogens (tertiary/aromatic N) is 5. The Kier molecular flexibility index (Phi) is 2.93. The van der Waals surface area contributed by atoms with Crippen LogP contribution in [0, 0.1) is 0 Å². The Hall–Kier alpha value is -3.35. The second-order valence-corrected chi connectivity index (χ2v) is 4.65. The molecule has 3 aromatic heterocycles. The molecule has 4 rings (SSSR count). The van der Waals surface area contributed by atoms with Crippen molar-refractivity contribution in [2.24, 2.45) is 5.10 Å². The molecule has 3 heterocycles. The Morgan fingerprint density at radius 3 is 2.82 bits per heavy atom. The maximum atomic E-state index is 4.38. The van der Waals surface area contributed by atoms with E-state index in [-0.39, 0.29) is 0 Å². The lowest BCUT2D eigenvalue weighted by Crippen LogP contribution is -1.98. The Morgan fingerprint density at radius 1 is 1.05 bits per heavy atom. The molecule has 0 aliphatic rings. The molecule has 0 spiro atoms. The lowest BCUT2D eigenvalue weighted by molar-refractivity contribution is 1.01. The predicted octanol–water partition coefficient (Wildman–Crippen LogP) is 2.35. The van der Waals surface area contributed by atoms with Crippen LogP contribution in [0.4, 0.5) is 5.95 Å². The quantitative estimate of drug-likeness (QED) is 0.446. The van der Waals surface area contributed by atoms with Crippen LogP contribution in [0.15, 0.2) is 53.9 Å². The maximum absolute atomic E-state index is 4.38. The van der Waals surface area contributed by atoms with Gasteiger partial charge in [0.25, 0.3) is 5.95 Å². The van der Waals surface area contributed by atoms with E-state index in [0.717, 1.165) is 22.0 Å². The Morgan fingerprint density at radius 2 is 1.91 bits per heavy atom. The first kappa shape index (κ1) is 12.4. The monoisotopic (exact) mass is 289 g/mol. The van der Waals surface area contributed by atoms with Crippen molar-refractivity contribution >= 4 is 34.2 Å². The number of hydrogen-bond donors (Lipinski definition) is 2. The van der Waals surface area contributed by atoms with E-state index in [1.54, 1.807) is 18.6 Å². The topological polar surface area (TPSA) is 91.7 Å². The van der Waals surface area contributed by atoms with Crippen molar-refractivity contribution in [3.8, 4) is 0 Å². The van der Waals surface area contributed by atoms with Gasteiger partial charge in [-0.1, -0.05) is 18.2 Å². The minimum atomic E-state index is 0.337. The zero-order valence-electron chi connectivity index (χ0n) is 11.4. The van der Waals surface area contributed by atoms with Gasteiger partial charge in [0.1, 0.15) is 5.52 Å². The minimum absolute atomic E-state index is 0.337. The highest BCUT2D eigenvalue weighted by Gasteiger charge is 2.07. The summed E-state index contributed by atoms with van der Waals surface area (Å²) in [5, 5.41) is 13.3. The van der Waals surface area contributed by atoms with Crippen LogP contribution in [0.5, 0.6) is 0 Å². The molecule has 0 bridgehead atoms. The number of rotatable bonds is 3. The normalized spacial score (nSPS) is 11.5. The standard InChI is InChI=1S/C15H11N7/c1-2-4-12-11(3-1)13-14(18-12)19-15(22-20-13)21-17-9-10-5-7-16-8-6-10/h1-9H,(H2,18,19,21,22). The number of para-hydroxylation sites is 1. The smallest absolute Gasteiger partial charge is 0.265 e. The molecule has 0 aliphatic heterocycles. The number of anilines is 1. The number of fused-ring (bicyclic) bond motifs is 3. The van der Waals surface area contributed by atoms with Gasteiger partial charge in [0.2, 0.25) is 0 Å². The van der Waals surface area contributed by atoms with Crippen molar-refractivity contribution in [2.45, 2.75) is 0 Å². The first-order valence-electron chi connectivity index (χ1n) is 6.70. The van der Waals surface area contributed by atoms with Gasteiger partial charge in [-0.3, -0.25) is 4.98 Å². The van der Waals surface area contributed by atoms with E-state index in [4.69, 9.17) is 0 Å². The van der Waals surface area contributed by atoms with Gasteiger partial charge in [-0.15, -0.1) is 10.2 Å². The summed E-state index contributed by atoms with van der Waals surface area (Å²) in [5.74, 6) is 0.337. The van der Waals surface area contributed by atoms with Crippen molar-refractivity contribution in [2.75, 3.05) is 5.43 Å². The van der Waals surface area contributed by atoms with Gasteiger partial charge in [-0.05, 0) is 23.8 Å². The van der Waals surface area contributed by atoms with Crippen LogP contribution in [0.2, 0.25) is 0 Å². The molecular formula is C15H11N7. The number of benzene rings is 1. The van der Waals surface area contributed by atoms with Crippen molar-refractivity contribution in [3.05, 3.63) is 54.4 Å². The molecule has 2 N–H and O–H groups in total. The fourth-order valence-electron chi connectivity index (χ4n) is 2.18. The molecule has 22 heavy (non-hydrogen) atoms. The summed E-state index contributed by atoms with van der Waals surface area (Å²) in [7, 11) is 0. The fraction of sp³-hybridized carbons (Fsp3) is 0. The summed E-state index contributed by atoms with van der Waals surface area (Å²) in [5.41, 5.74) is 6.12. The van der Waals surface area contributed by atoms with Gasteiger partial charge in [-0.2, -0.15) is 10.1 Å². The van der Waals surface area contributed by atoms with Crippen LogP contribution >= 0.6 is 0 Å². The van der Waals surface area contributed by atoms with E-state index in [1.807, 2.05) is 36.4 Å². The predicted molar refractivity (Wildman–Crippen MR) is 84.6 cm³/mol. The Labute approximate surface area is 125 Å². The Balaban J connectivity index is 1.63. The molecule has 0 atom stereocenters. The van der Waals surface area contributed by atoms with E-state index < -0.39 is 0 Å². The van der Waals surface area contributed by atoms with E-state index in [2.05, 4.69) is 35.7 Å². The van der Waals surface area contributed by atoms with E-state index >= 15 is 0 Å². The van der Waals surface area contributed by atoms with Gasteiger partial charge in [-0.25, -0.2) is 5.43 Å². The van der Waals surface area contributed by atoms with Crippen LogP contribution in [0.25, 0.3) is 22.1 Å². The first-order chi connectivity index (χ1) is 10.9. The number of hydrogen-bond acceptors (Lipinski definition) is 6. The zero-order valence-corrected chi connectivity index (χ0v) is 11.4. The molecule has 7 nitrogen and oxygen atoms in total. The number of aromatic amines is 1. The van der Waals surface area contributed by atoms with Crippen LogP contribution in [0.3, 0.4) is 0 Å². The van der Waals surface area contributed by atoms with Crippen LogP contribution in [-0.2, 0) is 0 Å². The lowest BCUT2D eigenvalue weighted by Gasteiger charge is -1.97. The second kappa shape index (κ2) is 5.21. The SMILES string of the molecule is C(=NNc1nnc2c(n1)[nH]c1ccccc12)c1ccncc1. The largest absolute Gasteiger partial charge is 0.338 e. The molecule has 106 valence electrons. The summed E-state index contributed by atoms with van der Waals surface area (Å²) >= 11 is 0. The first-order valence-corrected chi connectivity index (χ1v) is 6.70. The van der Waals surface area contributed by atoms with Gasteiger partial charge >= 0.3 is 0 Å². The van der Waals surface area contributed by atoms with Crippen molar-refractivity contribution in [1.29, 1.82) is 0 Å². The summed E-state index contributed by atoms with van der Waals surface area (Å²) in [4.78, 5) is 11.5. The lowest BCUT2D eigenvalue weighted by atomic mass is 10.2. The summed E-state index contributed by atoms with van der Waals surface area (Å²) in [6.45, 7) is 0. The van der Waals surface area contributed by atoms with E-state index in [0.29, 0.717) is 11.6 Å². The molecule has 0 unspecified atom stereocenters. The zero-order chi connectivity index (χ0) is 14.8. The van der Waals surface area contributed by atoms with Gasteiger partial charge in [0.15, 0.2) is 5.65 Å². The molecule has 0 saturated carbocycles. The van der Waals surface area contributed by atoms with Gasteiger partial charge in [0, 0.05) is 23.3 Å². The minimum Gasteiger partial charge on any atom is -0.338 e. The van der Waals surface area contributed by atoms with Crippen molar-refractivity contribution < 1.29 is 0 Å². The molecule has 7 heteroatoms. The average molecular weight is 289 g/mol. The van der Waals surface area contributed by atoms with Crippen LogP contribution < -0.4 is 5.43 Å². The fourth-order valence-corrected chi connectivity index (χ4v) is 2.18. The average Bonchev–Trinajstić information content (AvgIpc) is 2.93. The molecule has 0 radical (unpaired) electrons. The number of pyridine rings is 1. The highest BCUT2D eigenvalue weighted by atomic mass is 15.4. The Bertz CT molecular complexity index is 959. The van der Waals surface area contributed by atoms with Crippen molar-refractivity contribution in [3.63, 3.8) is 0 Å². The molecule has 1 aromatic carbocycles. The summed E-state index contributed by atoms with van der Waals surface area (Å²) in [6.07, 6.45) is 5.08. The maximum Gasteiger partial charge on any atom is 0.265 e. The molecular weight excluding hydrogens is 278 g/mol. The number of H-pyrrole nitrogens is 1. The third kappa shape index (κ3) is 2.24. The van der Waals surface area contributed by atoms with Gasteiger partial charge < -0.3 is 4.98 Å². The van der Waals surface area contributed by atoms with Crippen LogP contribution in [-0.4, -0.2) is 31.4 Å². The molecule has 0 amide bonds. The number of hydrazone groups is 1. The second-order valence-electron chi connectivity index (χ2n) is 4.65. The molecule has 4 aromatic rings.